The van der Waals surface area contributed by atoms with Gasteiger partial charge < -0.3 is 19.7 Å². The van der Waals surface area contributed by atoms with Gasteiger partial charge in [0.05, 0.1) is 6.61 Å². The van der Waals surface area contributed by atoms with Gasteiger partial charge in [-0.25, -0.2) is 4.79 Å². The molecule has 23 heavy (non-hydrogen) atoms. The topological polar surface area (TPSA) is 67.9 Å². The largest absolute Gasteiger partial charge is 0.466 e. The second-order valence-electron chi connectivity index (χ2n) is 7.79. The highest BCUT2D eigenvalue weighted by molar-refractivity contribution is 5.68. The Balaban J connectivity index is 2.67. The molecule has 2 unspecified atom stereocenters. The van der Waals surface area contributed by atoms with Crippen molar-refractivity contribution in [1.29, 1.82) is 0 Å². The number of nitrogens with zero attached hydrogens (tertiary/aromatic N) is 1. The summed E-state index contributed by atoms with van der Waals surface area (Å²) in [7, 11) is 0. The predicted molar refractivity (Wildman–Crippen MR) is 89.2 cm³/mol. The van der Waals surface area contributed by atoms with Crippen molar-refractivity contribution in [1.82, 2.24) is 10.2 Å². The quantitative estimate of drug-likeness (QED) is 0.785. The Hall–Kier alpha value is -1.30. The maximum atomic E-state index is 12.3. The number of nitrogens with one attached hydrogen (secondary N) is 1. The van der Waals surface area contributed by atoms with E-state index in [1.54, 1.807) is 4.90 Å². The van der Waals surface area contributed by atoms with E-state index in [1.165, 1.54) is 6.92 Å². The van der Waals surface area contributed by atoms with Crippen molar-refractivity contribution >= 4 is 12.1 Å². The predicted octanol–water partition coefficient (Wildman–Crippen LogP) is 2.42. The van der Waals surface area contributed by atoms with Crippen molar-refractivity contribution in [3.8, 4) is 0 Å². The van der Waals surface area contributed by atoms with Crippen LogP contribution in [0.1, 0.15) is 48.0 Å². The second-order valence-corrected chi connectivity index (χ2v) is 7.79. The van der Waals surface area contributed by atoms with Gasteiger partial charge in [0.2, 0.25) is 0 Å². The molecule has 0 radical (unpaired) electrons. The van der Waals surface area contributed by atoms with E-state index >= 15 is 0 Å². The van der Waals surface area contributed by atoms with E-state index in [9.17, 15) is 9.59 Å². The maximum Gasteiger partial charge on any atom is 0.410 e. The van der Waals surface area contributed by atoms with E-state index in [0.29, 0.717) is 25.6 Å². The van der Waals surface area contributed by atoms with Crippen LogP contribution in [0, 0.1) is 11.8 Å². The molecule has 1 heterocycles. The van der Waals surface area contributed by atoms with E-state index in [4.69, 9.17) is 9.47 Å². The Morgan fingerprint density at radius 1 is 1.26 bits per heavy atom. The fraction of sp³-hybridized carbons (Fsp3) is 0.882. The molecule has 1 fully saturated rings. The number of ether oxygens (including phenoxy) is 2. The van der Waals surface area contributed by atoms with E-state index < -0.39 is 5.60 Å². The minimum atomic E-state index is -0.513. The number of hydrogen-bond donors (Lipinski definition) is 1. The molecule has 1 saturated heterocycles. The Morgan fingerprint density at radius 2 is 1.91 bits per heavy atom. The zero-order valence-electron chi connectivity index (χ0n) is 15.3. The van der Waals surface area contributed by atoms with E-state index in [0.717, 1.165) is 13.0 Å². The van der Waals surface area contributed by atoms with Gasteiger partial charge in [-0.05, 0) is 39.7 Å². The molecule has 1 aliphatic heterocycles. The number of hydrogen-bond acceptors (Lipinski definition) is 5. The Labute approximate surface area is 139 Å². The summed E-state index contributed by atoms with van der Waals surface area (Å²) < 4.78 is 10.6. The molecule has 1 aliphatic rings. The molecule has 0 aromatic carbocycles. The molecule has 0 saturated carbocycles. The van der Waals surface area contributed by atoms with Crippen molar-refractivity contribution in [2.75, 3.05) is 26.2 Å². The third-order valence-electron chi connectivity index (χ3n) is 3.53. The molecule has 0 aliphatic carbocycles. The lowest BCUT2D eigenvalue weighted by atomic mass is 9.94. The van der Waals surface area contributed by atoms with E-state index in [-0.39, 0.29) is 24.0 Å². The van der Waals surface area contributed by atoms with Crippen LogP contribution in [0.15, 0.2) is 0 Å². The van der Waals surface area contributed by atoms with Crippen LogP contribution in [-0.2, 0) is 14.3 Å². The van der Waals surface area contributed by atoms with Gasteiger partial charge >= 0.3 is 12.1 Å². The number of piperidine rings is 1. The lowest BCUT2D eigenvalue weighted by Gasteiger charge is -2.38. The minimum absolute atomic E-state index is 0.129. The van der Waals surface area contributed by atoms with Gasteiger partial charge in [0.15, 0.2) is 0 Å². The van der Waals surface area contributed by atoms with Crippen molar-refractivity contribution in [2.45, 2.75) is 59.6 Å². The molecule has 1 N–H and O–H groups in total. The fourth-order valence-electron chi connectivity index (χ4n) is 2.59. The average Bonchev–Trinajstić information content (AvgIpc) is 2.41. The normalized spacial score (nSPS) is 22.1. The second kappa shape index (κ2) is 8.52. The smallest absolute Gasteiger partial charge is 0.410 e. The van der Waals surface area contributed by atoms with Crippen LogP contribution >= 0.6 is 0 Å². The number of amides is 1. The first-order chi connectivity index (χ1) is 10.6. The third-order valence-corrected chi connectivity index (χ3v) is 3.53. The molecule has 2 atom stereocenters. The highest BCUT2D eigenvalue weighted by Gasteiger charge is 2.32. The van der Waals surface area contributed by atoms with Crippen molar-refractivity contribution in [3.05, 3.63) is 0 Å². The minimum Gasteiger partial charge on any atom is -0.466 e. The number of esters is 1. The SMILES string of the molecule is CC(=O)OCC1CC(NCC(C)C)CN(C(=O)OC(C)(C)C)C1. The molecule has 0 aromatic heterocycles. The molecule has 1 amide bonds. The van der Waals surface area contributed by atoms with Crippen LogP contribution < -0.4 is 5.32 Å². The molecule has 1 rings (SSSR count). The molecule has 6 heteroatoms. The maximum absolute atomic E-state index is 12.3. The highest BCUT2D eigenvalue weighted by atomic mass is 16.6. The molecule has 134 valence electrons. The third kappa shape index (κ3) is 8.21. The molecular formula is C17H32N2O4. The van der Waals surface area contributed by atoms with Crippen molar-refractivity contribution in [3.63, 3.8) is 0 Å². The summed E-state index contributed by atoms with van der Waals surface area (Å²) in [6.07, 6.45) is 0.584. The van der Waals surface area contributed by atoms with E-state index in [1.807, 2.05) is 20.8 Å². The Morgan fingerprint density at radius 3 is 2.43 bits per heavy atom. The van der Waals surface area contributed by atoms with Gasteiger partial charge in [0.25, 0.3) is 0 Å². The number of likely N-dealkylation sites (tertiary alicyclic amines) is 1. The van der Waals surface area contributed by atoms with Gasteiger partial charge in [-0.1, -0.05) is 13.8 Å². The Kier molecular flexibility index (Phi) is 7.32. The monoisotopic (exact) mass is 328 g/mol. The van der Waals surface area contributed by atoms with Gasteiger partial charge in [-0.3, -0.25) is 4.79 Å². The first kappa shape index (κ1) is 19.7. The summed E-state index contributed by atoms with van der Waals surface area (Å²) in [5.41, 5.74) is -0.513. The van der Waals surface area contributed by atoms with Crippen LogP contribution in [0.4, 0.5) is 4.79 Å². The number of carbonyl (C=O) groups excluding carboxylic acids is 2. The van der Waals surface area contributed by atoms with Crippen molar-refractivity contribution < 1.29 is 19.1 Å². The first-order valence-electron chi connectivity index (χ1n) is 8.41. The summed E-state index contributed by atoms with van der Waals surface area (Å²) in [5, 5.41) is 3.50. The number of carbonyl (C=O) groups is 2. The molecular weight excluding hydrogens is 296 g/mol. The lowest BCUT2D eigenvalue weighted by molar-refractivity contribution is -0.142. The standard InChI is InChI=1S/C17H32N2O4/c1-12(2)8-18-15-7-14(11-22-13(3)20)9-19(10-15)16(21)23-17(4,5)6/h12,14-15,18H,7-11H2,1-6H3. The molecule has 6 nitrogen and oxygen atoms in total. The van der Waals surface area contributed by atoms with Gasteiger partial charge in [-0.15, -0.1) is 0 Å². The van der Waals surface area contributed by atoms with Crippen molar-refractivity contribution in [2.24, 2.45) is 11.8 Å². The highest BCUT2D eigenvalue weighted by Crippen LogP contribution is 2.20. The van der Waals surface area contributed by atoms with E-state index in [2.05, 4.69) is 19.2 Å². The van der Waals surface area contributed by atoms with Gasteiger partial charge in [0, 0.05) is 32.0 Å². The summed E-state index contributed by atoms with van der Waals surface area (Å²) >= 11 is 0. The zero-order valence-corrected chi connectivity index (χ0v) is 15.3. The molecule has 0 aromatic rings. The average molecular weight is 328 g/mol. The Bertz CT molecular complexity index is 404. The van der Waals surface area contributed by atoms with Crippen LogP contribution in [0.2, 0.25) is 0 Å². The van der Waals surface area contributed by atoms with Gasteiger partial charge in [0.1, 0.15) is 5.60 Å². The lowest BCUT2D eigenvalue weighted by Crippen LogP contribution is -2.53. The summed E-state index contributed by atoms with van der Waals surface area (Å²) in [4.78, 5) is 25.1. The zero-order chi connectivity index (χ0) is 17.6. The van der Waals surface area contributed by atoms with Gasteiger partial charge in [-0.2, -0.15) is 0 Å². The summed E-state index contributed by atoms with van der Waals surface area (Å²) in [5.74, 6) is 0.384. The first-order valence-corrected chi connectivity index (χ1v) is 8.41. The molecule has 0 bridgehead atoms. The van der Waals surface area contributed by atoms with Crippen LogP contribution in [0.25, 0.3) is 0 Å². The van der Waals surface area contributed by atoms with Crippen LogP contribution in [0.5, 0.6) is 0 Å². The summed E-state index contributed by atoms with van der Waals surface area (Å²) in [6.45, 7) is 13.7. The molecule has 0 spiro atoms. The number of rotatable bonds is 5. The van der Waals surface area contributed by atoms with Crippen LogP contribution in [-0.4, -0.2) is 54.8 Å². The fourth-order valence-corrected chi connectivity index (χ4v) is 2.59. The van der Waals surface area contributed by atoms with Crippen LogP contribution in [0.3, 0.4) is 0 Å². The summed E-state index contributed by atoms with van der Waals surface area (Å²) in [6, 6.07) is 0.194.